The third kappa shape index (κ3) is 3.47. The van der Waals surface area contributed by atoms with Gasteiger partial charge in [-0.25, -0.2) is 9.97 Å². The maximum Gasteiger partial charge on any atom is 0.133 e. The second-order valence-electron chi connectivity index (χ2n) is 4.30. The van der Waals surface area contributed by atoms with Crippen LogP contribution in [-0.2, 0) is 12.2 Å². The Morgan fingerprint density at radius 1 is 1.16 bits per heavy atom. The number of anilines is 1. The van der Waals surface area contributed by atoms with Crippen LogP contribution in [0.5, 0.6) is 0 Å². The molecule has 0 saturated carbocycles. The van der Waals surface area contributed by atoms with Crippen LogP contribution in [0, 0.1) is 6.92 Å². The van der Waals surface area contributed by atoms with E-state index >= 15 is 0 Å². The second-order valence-corrected chi connectivity index (χ2v) is 5.26. The minimum atomic E-state index is 0.855. The lowest BCUT2D eigenvalue weighted by Gasteiger charge is -2.11. The van der Waals surface area contributed by atoms with Crippen LogP contribution in [-0.4, -0.2) is 17.0 Å². The highest BCUT2D eigenvalue weighted by Crippen LogP contribution is 2.27. The minimum Gasteiger partial charge on any atom is -0.373 e. The van der Waals surface area contributed by atoms with Gasteiger partial charge in [0.15, 0.2) is 0 Å². The first kappa shape index (κ1) is 13.9. The lowest BCUT2D eigenvalue weighted by molar-refractivity contribution is 0.874. The fraction of sp³-hybridized carbons (Fsp3) is 0.333. The number of aryl methyl sites for hydroxylation is 1. The third-order valence-electron chi connectivity index (χ3n) is 2.92. The van der Waals surface area contributed by atoms with Crippen LogP contribution in [0.2, 0.25) is 0 Å². The zero-order chi connectivity index (χ0) is 13.7. The van der Waals surface area contributed by atoms with E-state index < -0.39 is 0 Å². The van der Waals surface area contributed by atoms with Gasteiger partial charge in [0.2, 0.25) is 0 Å². The molecule has 1 N–H and O–H groups in total. The van der Waals surface area contributed by atoms with E-state index in [0.717, 1.165) is 34.4 Å². The van der Waals surface area contributed by atoms with Crippen molar-refractivity contribution in [3.8, 4) is 0 Å². The van der Waals surface area contributed by atoms with Crippen molar-refractivity contribution in [1.82, 2.24) is 9.97 Å². The lowest BCUT2D eigenvalue weighted by atomic mass is 10.2. The van der Waals surface area contributed by atoms with Gasteiger partial charge in [-0.05, 0) is 12.5 Å². The van der Waals surface area contributed by atoms with E-state index in [4.69, 9.17) is 0 Å². The Hall–Kier alpha value is -1.55. The molecule has 4 heteroatoms. The highest BCUT2D eigenvalue weighted by Gasteiger charge is 2.09. The molecule has 1 heterocycles. The summed E-state index contributed by atoms with van der Waals surface area (Å²) in [6, 6.07) is 10.5. The van der Waals surface area contributed by atoms with Gasteiger partial charge < -0.3 is 5.32 Å². The zero-order valence-electron chi connectivity index (χ0n) is 11.6. The standard InChI is InChI=1S/C15H19N3S/c1-4-13-17-14(16-3)11(2)15(18-13)19-10-12-8-6-5-7-9-12/h5-9H,4,10H2,1-3H3,(H,16,17,18). The van der Waals surface area contributed by atoms with Crippen molar-refractivity contribution in [3.05, 3.63) is 47.3 Å². The zero-order valence-corrected chi connectivity index (χ0v) is 12.4. The van der Waals surface area contributed by atoms with Crippen molar-refractivity contribution in [1.29, 1.82) is 0 Å². The van der Waals surface area contributed by atoms with E-state index in [1.54, 1.807) is 11.8 Å². The molecule has 100 valence electrons. The van der Waals surface area contributed by atoms with Crippen LogP contribution < -0.4 is 5.32 Å². The van der Waals surface area contributed by atoms with Gasteiger partial charge in [-0.2, -0.15) is 0 Å². The van der Waals surface area contributed by atoms with Crippen molar-refractivity contribution in [3.63, 3.8) is 0 Å². The summed E-state index contributed by atoms with van der Waals surface area (Å²) in [6.07, 6.45) is 0.855. The molecule has 0 aliphatic rings. The summed E-state index contributed by atoms with van der Waals surface area (Å²) < 4.78 is 0. The number of hydrogen-bond donors (Lipinski definition) is 1. The highest BCUT2D eigenvalue weighted by atomic mass is 32.2. The van der Waals surface area contributed by atoms with Gasteiger partial charge in [0.05, 0.1) is 0 Å². The first-order valence-electron chi connectivity index (χ1n) is 6.46. The fourth-order valence-corrected chi connectivity index (χ4v) is 2.79. The molecule has 0 aliphatic heterocycles. The van der Waals surface area contributed by atoms with E-state index in [1.807, 2.05) is 13.1 Å². The first-order chi connectivity index (χ1) is 9.24. The van der Waals surface area contributed by atoms with E-state index in [-0.39, 0.29) is 0 Å². The molecular formula is C15H19N3S. The number of nitrogens with one attached hydrogen (secondary N) is 1. The molecule has 3 nitrogen and oxygen atoms in total. The largest absolute Gasteiger partial charge is 0.373 e. The van der Waals surface area contributed by atoms with Crippen LogP contribution in [0.4, 0.5) is 5.82 Å². The molecule has 0 bridgehead atoms. The summed E-state index contributed by atoms with van der Waals surface area (Å²) in [4.78, 5) is 9.12. The third-order valence-corrected chi connectivity index (χ3v) is 4.07. The summed E-state index contributed by atoms with van der Waals surface area (Å²) in [5.74, 6) is 2.76. The lowest BCUT2D eigenvalue weighted by Crippen LogP contribution is -2.04. The predicted octanol–water partition coefficient (Wildman–Crippen LogP) is 3.68. The number of aromatic nitrogens is 2. The van der Waals surface area contributed by atoms with Gasteiger partial charge in [-0.1, -0.05) is 37.3 Å². The molecule has 1 aromatic heterocycles. The summed E-state index contributed by atoms with van der Waals surface area (Å²) in [7, 11) is 1.90. The molecular weight excluding hydrogens is 254 g/mol. The fourth-order valence-electron chi connectivity index (χ4n) is 1.81. The van der Waals surface area contributed by atoms with Crippen LogP contribution in [0.15, 0.2) is 35.4 Å². The van der Waals surface area contributed by atoms with Crippen molar-refractivity contribution in [2.75, 3.05) is 12.4 Å². The average molecular weight is 273 g/mol. The van der Waals surface area contributed by atoms with E-state index in [0.29, 0.717) is 0 Å². The molecule has 0 aliphatic carbocycles. The van der Waals surface area contributed by atoms with Gasteiger partial charge >= 0.3 is 0 Å². The van der Waals surface area contributed by atoms with Crippen LogP contribution in [0.1, 0.15) is 23.9 Å². The monoisotopic (exact) mass is 273 g/mol. The first-order valence-corrected chi connectivity index (χ1v) is 7.45. The normalized spacial score (nSPS) is 10.5. The molecule has 0 unspecified atom stereocenters. The quantitative estimate of drug-likeness (QED) is 0.666. The topological polar surface area (TPSA) is 37.8 Å². The minimum absolute atomic E-state index is 0.855. The Labute approximate surface area is 118 Å². The smallest absolute Gasteiger partial charge is 0.133 e. The average Bonchev–Trinajstić information content (AvgIpc) is 2.47. The van der Waals surface area contributed by atoms with Gasteiger partial charge in [-0.15, -0.1) is 11.8 Å². The number of rotatable bonds is 5. The second kappa shape index (κ2) is 6.57. The van der Waals surface area contributed by atoms with Crippen molar-refractivity contribution in [2.24, 2.45) is 0 Å². The van der Waals surface area contributed by atoms with Crippen molar-refractivity contribution >= 4 is 17.6 Å². The van der Waals surface area contributed by atoms with E-state index in [9.17, 15) is 0 Å². The Bertz CT molecular complexity index is 541. The number of benzene rings is 1. The van der Waals surface area contributed by atoms with Crippen LogP contribution in [0.3, 0.4) is 0 Å². The summed E-state index contributed by atoms with van der Waals surface area (Å²) in [5.41, 5.74) is 2.44. The molecule has 0 fully saturated rings. The van der Waals surface area contributed by atoms with Crippen molar-refractivity contribution in [2.45, 2.75) is 31.0 Å². The highest BCUT2D eigenvalue weighted by molar-refractivity contribution is 7.98. The molecule has 2 aromatic rings. The maximum atomic E-state index is 4.63. The van der Waals surface area contributed by atoms with E-state index in [1.165, 1.54) is 5.56 Å². The predicted molar refractivity (Wildman–Crippen MR) is 81.7 cm³/mol. The summed E-state index contributed by atoms with van der Waals surface area (Å²) in [5, 5.41) is 4.21. The molecule has 0 amide bonds. The van der Waals surface area contributed by atoms with E-state index in [2.05, 4.69) is 53.4 Å². The van der Waals surface area contributed by atoms with Gasteiger partial charge in [-0.3, -0.25) is 0 Å². The van der Waals surface area contributed by atoms with Crippen molar-refractivity contribution < 1.29 is 0 Å². The molecule has 19 heavy (non-hydrogen) atoms. The summed E-state index contributed by atoms with van der Waals surface area (Å²) >= 11 is 1.77. The molecule has 0 spiro atoms. The summed E-state index contributed by atoms with van der Waals surface area (Å²) in [6.45, 7) is 4.15. The van der Waals surface area contributed by atoms with Crippen LogP contribution >= 0.6 is 11.8 Å². The Morgan fingerprint density at radius 3 is 2.53 bits per heavy atom. The molecule has 0 atom stereocenters. The van der Waals surface area contributed by atoms with Gasteiger partial charge in [0.1, 0.15) is 16.7 Å². The molecule has 2 rings (SSSR count). The number of nitrogens with zero attached hydrogens (tertiary/aromatic N) is 2. The Morgan fingerprint density at radius 2 is 1.89 bits per heavy atom. The number of hydrogen-bond acceptors (Lipinski definition) is 4. The maximum absolute atomic E-state index is 4.63. The Balaban J connectivity index is 2.19. The SMILES string of the molecule is CCc1nc(NC)c(C)c(SCc2ccccc2)n1. The van der Waals surface area contributed by atoms with Crippen LogP contribution in [0.25, 0.3) is 0 Å². The molecule has 0 radical (unpaired) electrons. The Kier molecular flexibility index (Phi) is 4.80. The molecule has 1 aromatic carbocycles. The van der Waals surface area contributed by atoms with Gasteiger partial charge in [0.25, 0.3) is 0 Å². The molecule has 0 saturated heterocycles. The number of thioether (sulfide) groups is 1. The van der Waals surface area contributed by atoms with Gasteiger partial charge in [0, 0.05) is 24.8 Å².